The number of amides is 4. The first-order chi connectivity index (χ1) is 31.6. The second kappa shape index (κ2) is 30.6. The van der Waals surface area contributed by atoms with Crippen LogP contribution in [0.15, 0.2) is 23.3 Å². The van der Waals surface area contributed by atoms with Crippen LogP contribution in [0.1, 0.15) is 130 Å². The maximum Gasteiger partial charge on any atom is 0.334 e. The zero-order chi connectivity index (χ0) is 53.9. The van der Waals surface area contributed by atoms with Gasteiger partial charge >= 0.3 is 11.9 Å². The van der Waals surface area contributed by atoms with Gasteiger partial charge in [0, 0.05) is 31.5 Å². The van der Waals surface area contributed by atoms with Crippen LogP contribution in [0.5, 0.6) is 0 Å². The fraction of sp³-hybridized carbons (Fsp3) is 0.800. The van der Waals surface area contributed by atoms with E-state index in [1.807, 2.05) is 27.0 Å². The molecular formula is C50H89Cl3N4O10SSi. The number of hydrogen-bond donors (Lipinski definition) is 2. The van der Waals surface area contributed by atoms with Gasteiger partial charge in [-0.15, -0.1) is 11.8 Å². The Bertz CT molecular complexity index is 1740. The Morgan fingerprint density at radius 2 is 1.38 bits per heavy atom. The molecule has 0 rings (SSSR count). The quantitative estimate of drug-likeness (QED) is 0.0183. The number of hydrogen-bond acceptors (Lipinski definition) is 11. The number of allylic oxidation sites excluding steroid dienone is 1. The zero-order valence-electron chi connectivity index (χ0n) is 45.5. The monoisotopic (exact) mass is 1070 g/mol. The Morgan fingerprint density at radius 1 is 0.812 bits per heavy atom. The van der Waals surface area contributed by atoms with E-state index in [9.17, 15) is 28.8 Å². The van der Waals surface area contributed by atoms with Crippen molar-refractivity contribution in [2.24, 2.45) is 29.6 Å². The normalized spacial score (nSPS) is 16.5. The van der Waals surface area contributed by atoms with Crippen molar-refractivity contribution in [3.05, 3.63) is 23.3 Å². The Hall–Kier alpha value is -2.34. The third-order valence-corrected chi connectivity index (χ3v) is 17.9. The molecule has 0 heterocycles. The summed E-state index contributed by atoms with van der Waals surface area (Å²) in [6, 6.07) is -3.22. The van der Waals surface area contributed by atoms with Gasteiger partial charge in [-0.25, -0.2) is 9.59 Å². The van der Waals surface area contributed by atoms with Crippen LogP contribution in [0.25, 0.3) is 0 Å². The molecule has 19 heteroatoms. The lowest BCUT2D eigenvalue weighted by Gasteiger charge is -2.42. The van der Waals surface area contributed by atoms with Crippen molar-refractivity contribution >= 4 is 90.4 Å². The lowest BCUT2D eigenvalue weighted by molar-refractivity contribution is -0.157. The van der Waals surface area contributed by atoms with Gasteiger partial charge < -0.3 is 39.1 Å². The van der Waals surface area contributed by atoms with Crippen molar-refractivity contribution in [3.8, 4) is 0 Å². The van der Waals surface area contributed by atoms with Gasteiger partial charge in [0.05, 0.1) is 24.7 Å². The van der Waals surface area contributed by atoms with Crippen LogP contribution in [0.4, 0.5) is 0 Å². The minimum Gasteiger partial charge on any atom is -0.460 e. The van der Waals surface area contributed by atoms with Crippen molar-refractivity contribution < 1.29 is 47.4 Å². The Balaban J connectivity index is 6.49. The van der Waals surface area contributed by atoms with Crippen LogP contribution in [0.3, 0.4) is 0 Å². The van der Waals surface area contributed by atoms with Crippen molar-refractivity contribution in [3.63, 3.8) is 0 Å². The van der Waals surface area contributed by atoms with E-state index in [0.29, 0.717) is 24.4 Å². The fourth-order valence-corrected chi connectivity index (χ4v) is 8.92. The highest BCUT2D eigenvalue weighted by molar-refractivity contribution is 7.98. The molecule has 0 aromatic carbocycles. The number of alkyl halides is 3. The number of nitrogens with one attached hydrogen (secondary N) is 2. The van der Waals surface area contributed by atoms with E-state index in [-0.39, 0.29) is 35.5 Å². The summed E-state index contributed by atoms with van der Waals surface area (Å²) in [5, 5.41) is 5.45. The maximum absolute atomic E-state index is 14.4. The van der Waals surface area contributed by atoms with E-state index in [1.165, 1.54) is 23.9 Å². The van der Waals surface area contributed by atoms with Gasteiger partial charge in [-0.3, -0.25) is 19.2 Å². The number of carbonyl (C=O) groups is 6. The lowest BCUT2D eigenvalue weighted by atomic mass is 9.90. The van der Waals surface area contributed by atoms with Gasteiger partial charge in [0.2, 0.25) is 21.5 Å². The minimum absolute atomic E-state index is 0.00527. The van der Waals surface area contributed by atoms with Crippen LogP contribution in [-0.4, -0.2) is 133 Å². The average molecular weight is 1070 g/mol. The number of nitrogens with zero attached hydrogens (tertiary/aromatic N) is 2. The van der Waals surface area contributed by atoms with E-state index in [0.717, 1.165) is 12.0 Å². The first-order valence-corrected chi connectivity index (χ1v) is 29.7. The Morgan fingerprint density at radius 3 is 1.84 bits per heavy atom. The number of carbonyl (C=O) groups excluding carboxylic acids is 6. The van der Waals surface area contributed by atoms with E-state index in [1.54, 1.807) is 59.4 Å². The zero-order valence-corrected chi connectivity index (χ0v) is 49.6. The molecule has 14 nitrogen and oxygen atoms in total. The molecule has 0 aromatic heterocycles. The minimum atomic E-state index is -2.19. The standard InChI is InChI=1S/C50H89Cl3N4O10SSi/c1-21-23-34(10)42(67-69(19,20)49(13,14)15)36(12)38(65-29-68-18)25-24-35(11)47(62)66-43(33(9)22-2)44(59)55-40(31(5)6)46(61)57(17)37(26-30(3)4)45(60)56(16)27-39(58)54-41(32(7)8)48(63)64-28-50(51,52)53/h23-24,30-33,36-38,40-43H,21-22,25-29H2,1-20H3,(H,54,58)(H,55,59)/b34-23+,35-24+/t33-,36-,37+,38-,40-,41-,42+,43+/m0/s1. The van der Waals surface area contributed by atoms with Crippen LogP contribution in [0, 0.1) is 29.6 Å². The Labute approximate surface area is 436 Å². The molecule has 0 bridgehead atoms. The van der Waals surface area contributed by atoms with Gasteiger partial charge in [0.15, 0.2) is 14.4 Å². The lowest BCUT2D eigenvalue weighted by Crippen LogP contribution is -2.58. The Kier molecular flexibility index (Phi) is 29.6. The molecule has 0 spiro atoms. The molecule has 0 radical (unpaired) electrons. The van der Waals surface area contributed by atoms with Crippen molar-refractivity contribution in [1.82, 2.24) is 20.4 Å². The molecule has 2 N–H and O–H groups in total. The summed E-state index contributed by atoms with van der Waals surface area (Å²) < 4.78 is 22.7. The summed E-state index contributed by atoms with van der Waals surface area (Å²) in [4.78, 5) is 84.9. The number of rotatable bonds is 29. The van der Waals surface area contributed by atoms with Gasteiger partial charge in [-0.2, -0.15) is 0 Å². The molecule has 0 unspecified atom stereocenters. The largest absolute Gasteiger partial charge is 0.460 e. The van der Waals surface area contributed by atoms with Crippen molar-refractivity contribution in [1.29, 1.82) is 0 Å². The highest BCUT2D eigenvalue weighted by Gasteiger charge is 2.43. The summed E-state index contributed by atoms with van der Waals surface area (Å²) in [5.41, 5.74) is 1.46. The van der Waals surface area contributed by atoms with Crippen LogP contribution in [-0.2, 0) is 47.4 Å². The number of thioether (sulfide) groups is 1. The van der Waals surface area contributed by atoms with E-state index < -0.39 is 103 Å². The van der Waals surface area contributed by atoms with Crippen LogP contribution < -0.4 is 10.6 Å². The summed E-state index contributed by atoms with van der Waals surface area (Å²) >= 11 is 18.8. The topological polar surface area (TPSA) is 170 Å². The van der Waals surface area contributed by atoms with E-state index in [4.69, 9.17) is 53.4 Å². The molecule has 0 aromatic rings. The molecule has 0 aliphatic rings. The third-order valence-electron chi connectivity index (χ3n) is 12.7. The molecule has 0 fully saturated rings. The molecule has 0 aliphatic heterocycles. The van der Waals surface area contributed by atoms with Crippen LogP contribution in [0.2, 0.25) is 18.1 Å². The molecule has 8 atom stereocenters. The average Bonchev–Trinajstić information content (AvgIpc) is 3.24. The number of likely N-dealkylation sites (N-methyl/N-ethyl adjacent to an activating group) is 2. The molecule has 0 saturated heterocycles. The molecule has 0 saturated carbocycles. The van der Waals surface area contributed by atoms with Gasteiger partial charge in [0.1, 0.15) is 24.7 Å². The SMILES string of the molecule is CC/C=C(\C)[C@@H](O[Si](C)(C)C(C)(C)C)[C@@H](C)[C@H](C/C=C(\C)C(=O)O[C@@H](C(=O)N[C@H](C(=O)N(C)[C@H](CC(C)C)C(=O)N(C)CC(=O)N[C@H](C(=O)OCC(Cl)(Cl)Cl)C(C)C)C(C)C)[C@@H](C)CC)OCSC. The molecular weight excluding hydrogens is 983 g/mol. The third kappa shape index (κ3) is 23.0. The summed E-state index contributed by atoms with van der Waals surface area (Å²) in [6.45, 7) is 32.6. The van der Waals surface area contributed by atoms with Crippen molar-refractivity contribution in [2.45, 2.75) is 188 Å². The molecule has 0 aliphatic carbocycles. The molecule has 400 valence electrons. The highest BCUT2D eigenvalue weighted by Crippen LogP contribution is 2.40. The van der Waals surface area contributed by atoms with E-state index >= 15 is 0 Å². The summed E-state index contributed by atoms with van der Waals surface area (Å²) in [6.07, 6.45) is 6.26. The smallest absolute Gasteiger partial charge is 0.334 e. The van der Waals surface area contributed by atoms with Gasteiger partial charge in [0.25, 0.3) is 5.91 Å². The number of esters is 2. The number of halogens is 3. The van der Waals surface area contributed by atoms with Gasteiger partial charge in [-0.1, -0.05) is 137 Å². The second-order valence-corrected chi connectivity index (χ2v) is 29.1. The van der Waals surface area contributed by atoms with Crippen molar-refractivity contribution in [2.75, 3.05) is 39.4 Å². The molecule has 69 heavy (non-hydrogen) atoms. The second-order valence-electron chi connectivity index (χ2n) is 21.0. The van der Waals surface area contributed by atoms with Gasteiger partial charge in [-0.05, 0) is 87.2 Å². The summed E-state index contributed by atoms with van der Waals surface area (Å²) in [7, 11) is 0.723. The number of ether oxygens (including phenoxy) is 3. The van der Waals surface area contributed by atoms with E-state index in [2.05, 4.69) is 71.3 Å². The molecule has 4 amide bonds. The predicted molar refractivity (Wildman–Crippen MR) is 285 cm³/mol. The summed E-state index contributed by atoms with van der Waals surface area (Å²) in [5.74, 6) is -4.74. The first kappa shape index (κ1) is 66.7. The highest BCUT2D eigenvalue weighted by atomic mass is 35.6. The fourth-order valence-electron chi connectivity index (χ4n) is 7.06. The predicted octanol–water partition coefficient (Wildman–Crippen LogP) is 9.90. The van der Waals surface area contributed by atoms with Crippen LogP contribution >= 0.6 is 46.6 Å². The first-order valence-electron chi connectivity index (χ1n) is 24.3. The maximum atomic E-state index is 14.4.